The number of anilines is 1. The first-order valence-corrected chi connectivity index (χ1v) is 9.50. The van der Waals surface area contributed by atoms with E-state index in [2.05, 4.69) is 20.7 Å². The highest BCUT2D eigenvalue weighted by Crippen LogP contribution is 2.17. The first-order chi connectivity index (χ1) is 14.6. The van der Waals surface area contributed by atoms with E-state index in [1.165, 1.54) is 5.56 Å². The van der Waals surface area contributed by atoms with Crippen LogP contribution in [0.3, 0.4) is 0 Å². The molecule has 1 heterocycles. The molecule has 7 heteroatoms. The van der Waals surface area contributed by atoms with Gasteiger partial charge >= 0.3 is 0 Å². The smallest absolute Gasteiger partial charge is 0.255 e. The zero-order chi connectivity index (χ0) is 20.9. The zero-order valence-corrected chi connectivity index (χ0v) is 16.7. The highest BCUT2D eigenvalue weighted by molar-refractivity contribution is 6.04. The molecule has 4 rings (SSSR count). The number of tetrazole rings is 1. The number of amides is 1. The summed E-state index contributed by atoms with van der Waals surface area (Å²) in [6.07, 6.45) is 0. The third-order valence-corrected chi connectivity index (χ3v) is 4.65. The van der Waals surface area contributed by atoms with Gasteiger partial charge in [0.25, 0.3) is 5.91 Å². The quantitative estimate of drug-likeness (QED) is 0.531. The molecule has 0 radical (unpaired) electrons. The molecule has 0 unspecified atom stereocenters. The molecular weight excluding hydrogens is 378 g/mol. The second-order valence-corrected chi connectivity index (χ2v) is 6.89. The molecule has 4 aromatic rings. The normalized spacial score (nSPS) is 10.6. The lowest BCUT2D eigenvalue weighted by Crippen LogP contribution is -2.12. The fourth-order valence-corrected chi connectivity index (χ4v) is 2.93. The Bertz CT molecular complexity index is 1130. The number of nitrogens with zero attached hydrogens (tertiary/aromatic N) is 4. The Kier molecular flexibility index (Phi) is 5.52. The topological polar surface area (TPSA) is 81.9 Å². The average Bonchev–Trinajstić information content (AvgIpc) is 3.23. The monoisotopic (exact) mass is 399 g/mol. The van der Waals surface area contributed by atoms with Crippen molar-refractivity contribution in [2.24, 2.45) is 0 Å². The van der Waals surface area contributed by atoms with Crippen LogP contribution in [0.2, 0.25) is 0 Å². The molecule has 3 aromatic carbocycles. The second-order valence-electron chi connectivity index (χ2n) is 6.89. The van der Waals surface area contributed by atoms with Crippen molar-refractivity contribution in [3.63, 3.8) is 0 Å². The minimum absolute atomic E-state index is 0.174. The van der Waals surface area contributed by atoms with Crippen molar-refractivity contribution in [2.45, 2.75) is 13.5 Å². The molecule has 0 saturated heterocycles. The standard InChI is InChI=1S/C23H21N5O2/c1-16-3-7-18(8-4-16)22-25-27-28(26-22)15-17-5-9-19(10-6-17)23(29)24-20-11-13-21(30-2)14-12-20/h3-14H,15H2,1-2H3,(H,24,29). The van der Waals surface area contributed by atoms with Crippen LogP contribution in [0.15, 0.2) is 72.8 Å². The number of aromatic nitrogens is 4. The molecule has 0 spiro atoms. The van der Waals surface area contributed by atoms with Gasteiger partial charge in [0.1, 0.15) is 5.75 Å². The van der Waals surface area contributed by atoms with E-state index in [0.29, 0.717) is 23.6 Å². The van der Waals surface area contributed by atoms with Crippen molar-refractivity contribution in [2.75, 3.05) is 12.4 Å². The lowest BCUT2D eigenvalue weighted by molar-refractivity contribution is 0.102. The Labute approximate surface area is 174 Å². The zero-order valence-electron chi connectivity index (χ0n) is 16.7. The molecule has 0 bridgehead atoms. The van der Waals surface area contributed by atoms with Gasteiger partial charge in [0, 0.05) is 16.8 Å². The molecule has 150 valence electrons. The summed E-state index contributed by atoms with van der Waals surface area (Å²) in [5, 5.41) is 15.6. The van der Waals surface area contributed by atoms with Crippen LogP contribution < -0.4 is 10.1 Å². The molecule has 0 aliphatic rings. The van der Waals surface area contributed by atoms with E-state index in [1.807, 2.05) is 43.3 Å². The van der Waals surface area contributed by atoms with Crippen LogP contribution in [-0.4, -0.2) is 33.2 Å². The van der Waals surface area contributed by atoms with Crippen LogP contribution in [-0.2, 0) is 6.54 Å². The molecule has 30 heavy (non-hydrogen) atoms. The minimum Gasteiger partial charge on any atom is -0.497 e. The average molecular weight is 399 g/mol. The maximum Gasteiger partial charge on any atom is 0.255 e. The van der Waals surface area contributed by atoms with E-state index in [9.17, 15) is 4.79 Å². The van der Waals surface area contributed by atoms with E-state index in [1.54, 1.807) is 48.3 Å². The van der Waals surface area contributed by atoms with Gasteiger partial charge in [-0.15, -0.1) is 10.2 Å². The second kappa shape index (κ2) is 8.57. The largest absolute Gasteiger partial charge is 0.497 e. The number of hydrogen-bond acceptors (Lipinski definition) is 5. The Hall–Kier alpha value is -4.00. The van der Waals surface area contributed by atoms with Gasteiger partial charge in [0.05, 0.1) is 13.7 Å². The van der Waals surface area contributed by atoms with Crippen LogP contribution in [0.4, 0.5) is 5.69 Å². The predicted octanol–water partition coefficient (Wildman–Crippen LogP) is 3.96. The maximum absolute atomic E-state index is 12.4. The van der Waals surface area contributed by atoms with Gasteiger partial charge in [-0.05, 0) is 54.1 Å². The van der Waals surface area contributed by atoms with E-state index >= 15 is 0 Å². The van der Waals surface area contributed by atoms with Gasteiger partial charge in [-0.25, -0.2) is 0 Å². The molecule has 7 nitrogen and oxygen atoms in total. The summed E-state index contributed by atoms with van der Waals surface area (Å²) in [6, 6.07) is 22.5. The number of hydrogen-bond donors (Lipinski definition) is 1. The Morgan fingerprint density at radius 2 is 1.67 bits per heavy atom. The van der Waals surface area contributed by atoms with Crippen LogP contribution in [0.25, 0.3) is 11.4 Å². The summed E-state index contributed by atoms with van der Waals surface area (Å²) < 4.78 is 5.12. The fourth-order valence-electron chi connectivity index (χ4n) is 2.93. The van der Waals surface area contributed by atoms with Crippen molar-refractivity contribution >= 4 is 11.6 Å². The van der Waals surface area contributed by atoms with Gasteiger partial charge in [-0.3, -0.25) is 4.79 Å². The Morgan fingerprint density at radius 3 is 2.33 bits per heavy atom. The molecule has 0 aliphatic heterocycles. The lowest BCUT2D eigenvalue weighted by atomic mass is 10.1. The molecule has 0 aliphatic carbocycles. The maximum atomic E-state index is 12.4. The van der Waals surface area contributed by atoms with Crippen molar-refractivity contribution in [1.29, 1.82) is 0 Å². The van der Waals surface area contributed by atoms with Gasteiger partial charge in [0.15, 0.2) is 0 Å². The fraction of sp³-hybridized carbons (Fsp3) is 0.130. The minimum atomic E-state index is -0.174. The van der Waals surface area contributed by atoms with E-state index in [-0.39, 0.29) is 5.91 Å². The third kappa shape index (κ3) is 4.52. The number of methoxy groups -OCH3 is 1. The third-order valence-electron chi connectivity index (χ3n) is 4.65. The van der Waals surface area contributed by atoms with E-state index in [0.717, 1.165) is 16.9 Å². The molecule has 0 saturated carbocycles. The first kappa shape index (κ1) is 19.3. The van der Waals surface area contributed by atoms with Crippen molar-refractivity contribution in [3.8, 4) is 17.1 Å². The van der Waals surface area contributed by atoms with Crippen LogP contribution in [0.5, 0.6) is 5.75 Å². The summed E-state index contributed by atoms with van der Waals surface area (Å²) >= 11 is 0. The number of carbonyl (C=O) groups is 1. The van der Waals surface area contributed by atoms with Gasteiger partial charge in [-0.1, -0.05) is 42.0 Å². The summed E-state index contributed by atoms with van der Waals surface area (Å²) in [5.74, 6) is 1.15. The molecule has 0 fully saturated rings. The number of ether oxygens (including phenoxy) is 1. The molecule has 1 N–H and O–H groups in total. The van der Waals surface area contributed by atoms with Crippen molar-refractivity contribution < 1.29 is 9.53 Å². The molecule has 0 atom stereocenters. The summed E-state index contributed by atoms with van der Waals surface area (Å²) in [6.45, 7) is 2.51. The highest BCUT2D eigenvalue weighted by atomic mass is 16.5. The van der Waals surface area contributed by atoms with Crippen LogP contribution in [0, 0.1) is 6.92 Å². The van der Waals surface area contributed by atoms with Crippen molar-refractivity contribution in [3.05, 3.63) is 89.5 Å². The van der Waals surface area contributed by atoms with Gasteiger partial charge < -0.3 is 10.1 Å². The number of aryl methyl sites for hydroxylation is 1. The Morgan fingerprint density at radius 1 is 0.967 bits per heavy atom. The van der Waals surface area contributed by atoms with Crippen molar-refractivity contribution in [1.82, 2.24) is 20.2 Å². The van der Waals surface area contributed by atoms with Gasteiger partial charge in [-0.2, -0.15) is 4.80 Å². The summed E-state index contributed by atoms with van der Waals surface area (Å²) in [7, 11) is 1.60. The van der Waals surface area contributed by atoms with E-state index < -0.39 is 0 Å². The lowest BCUT2D eigenvalue weighted by Gasteiger charge is -2.07. The molecule has 1 aromatic heterocycles. The van der Waals surface area contributed by atoms with Crippen LogP contribution >= 0.6 is 0 Å². The van der Waals surface area contributed by atoms with Crippen LogP contribution in [0.1, 0.15) is 21.5 Å². The number of carbonyl (C=O) groups excluding carboxylic acids is 1. The Balaban J connectivity index is 1.39. The van der Waals surface area contributed by atoms with Gasteiger partial charge in [0.2, 0.25) is 5.82 Å². The summed E-state index contributed by atoms with van der Waals surface area (Å²) in [5.41, 5.74) is 4.37. The molecule has 1 amide bonds. The van der Waals surface area contributed by atoms with E-state index in [4.69, 9.17) is 4.74 Å². The first-order valence-electron chi connectivity index (χ1n) is 9.50. The molecular formula is C23H21N5O2. The SMILES string of the molecule is COc1ccc(NC(=O)c2ccc(Cn3nnc(-c4ccc(C)cc4)n3)cc2)cc1. The predicted molar refractivity (Wildman–Crippen MR) is 114 cm³/mol. The number of nitrogens with one attached hydrogen (secondary N) is 1. The summed E-state index contributed by atoms with van der Waals surface area (Å²) in [4.78, 5) is 14.0. The number of benzene rings is 3. The number of rotatable bonds is 6. The highest BCUT2D eigenvalue weighted by Gasteiger charge is 2.09.